The fourth-order valence-electron chi connectivity index (χ4n) is 2.01. The fourth-order valence-corrected chi connectivity index (χ4v) is 3.55. The molecular formula is C16H17ClFNO2S. The second-order valence-electron chi connectivity index (χ2n) is 5.20. The number of sulfonamides is 1. The highest BCUT2D eigenvalue weighted by molar-refractivity contribution is 7.88. The zero-order chi connectivity index (χ0) is 16.3. The van der Waals surface area contributed by atoms with Gasteiger partial charge in [0.15, 0.2) is 0 Å². The van der Waals surface area contributed by atoms with Crippen LogP contribution in [-0.2, 0) is 22.3 Å². The highest BCUT2D eigenvalue weighted by Gasteiger charge is 2.22. The Labute approximate surface area is 135 Å². The summed E-state index contributed by atoms with van der Waals surface area (Å²) >= 11 is 5.89. The van der Waals surface area contributed by atoms with Gasteiger partial charge < -0.3 is 0 Å². The Morgan fingerprint density at radius 3 is 2.36 bits per heavy atom. The van der Waals surface area contributed by atoms with Gasteiger partial charge in [-0.2, -0.15) is 0 Å². The van der Waals surface area contributed by atoms with Crippen LogP contribution >= 0.6 is 11.6 Å². The molecule has 2 aromatic rings. The molecule has 22 heavy (non-hydrogen) atoms. The topological polar surface area (TPSA) is 37.4 Å². The number of benzene rings is 2. The lowest BCUT2D eigenvalue weighted by Crippen LogP contribution is -2.28. The normalized spacial score (nSPS) is 11.9. The first-order chi connectivity index (χ1) is 10.3. The molecule has 3 nitrogen and oxygen atoms in total. The summed E-state index contributed by atoms with van der Waals surface area (Å²) in [6.45, 7) is 2.19. The average molecular weight is 342 g/mol. The lowest BCUT2D eigenvalue weighted by molar-refractivity contribution is 0.464. The van der Waals surface area contributed by atoms with Gasteiger partial charge in [-0.25, -0.2) is 17.1 Å². The maximum absolute atomic E-state index is 13.7. The summed E-state index contributed by atoms with van der Waals surface area (Å²) in [6, 6.07) is 11.7. The number of hydrogen-bond acceptors (Lipinski definition) is 2. The number of halogens is 2. The van der Waals surface area contributed by atoms with Gasteiger partial charge in [0.1, 0.15) is 5.82 Å². The van der Waals surface area contributed by atoms with Gasteiger partial charge in [-0.3, -0.25) is 0 Å². The number of hydrogen-bond donors (Lipinski definition) is 0. The van der Waals surface area contributed by atoms with Crippen LogP contribution in [0.25, 0.3) is 0 Å². The van der Waals surface area contributed by atoms with Crippen LogP contribution in [0, 0.1) is 12.7 Å². The maximum Gasteiger partial charge on any atom is 0.218 e. The predicted molar refractivity (Wildman–Crippen MR) is 86.7 cm³/mol. The van der Waals surface area contributed by atoms with E-state index in [1.54, 1.807) is 0 Å². The van der Waals surface area contributed by atoms with E-state index in [0.29, 0.717) is 0 Å². The van der Waals surface area contributed by atoms with Crippen molar-refractivity contribution in [2.75, 3.05) is 7.05 Å². The zero-order valence-electron chi connectivity index (χ0n) is 12.4. The molecule has 0 amide bonds. The third kappa shape index (κ3) is 4.06. The standard InChI is InChI=1S/C16H17ClFNO2S/c1-12-6-8-13(9-7-12)10-19(2)22(20,21)11-14-15(17)4-3-5-16(14)18/h3-9H,10-11H2,1-2H3. The molecule has 0 heterocycles. The minimum Gasteiger partial charge on any atom is -0.212 e. The van der Waals surface area contributed by atoms with E-state index >= 15 is 0 Å². The quantitative estimate of drug-likeness (QED) is 0.830. The molecule has 0 aliphatic rings. The minimum absolute atomic E-state index is 0.0000715. The van der Waals surface area contributed by atoms with Gasteiger partial charge in [0.2, 0.25) is 10.0 Å². The monoisotopic (exact) mass is 341 g/mol. The molecule has 0 aliphatic heterocycles. The van der Waals surface area contributed by atoms with E-state index in [0.717, 1.165) is 11.1 Å². The Hall–Kier alpha value is -1.43. The Bertz CT molecular complexity index is 740. The first kappa shape index (κ1) is 16.9. The van der Waals surface area contributed by atoms with Crippen molar-refractivity contribution in [1.82, 2.24) is 4.31 Å². The van der Waals surface area contributed by atoms with Crippen molar-refractivity contribution in [2.45, 2.75) is 19.2 Å². The Kier molecular flexibility index (Phi) is 5.21. The molecule has 0 saturated heterocycles. The maximum atomic E-state index is 13.7. The number of aryl methyl sites for hydroxylation is 1. The van der Waals surface area contributed by atoms with E-state index in [1.807, 2.05) is 31.2 Å². The van der Waals surface area contributed by atoms with Crippen molar-refractivity contribution >= 4 is 21.6 Å². The molecule has 0 aromatic heterocycles. The summed E-state index contributed by atoms with van der Waals surface area (Å²) in [6.07, 6.45) is 0. The molecule has 6 heteroatoms. The van der Waals surface area contributed by atoms with Gasteiger partial charge in [-0.05, 0) is 24.6 Å². The highest BCUT2D eigenvalue weighted by Crippen LogP contribution is 2.23. The van der Waals surface area contributed by atoms with Gasteiger partial charge in [0, 0.05) is 24.2 Å². The zero-order valence-corrected chi connectivity index (χ0v) is 14.0. The van der Waals surface area contributed by atoms with Crippen LogP contribution in [0.2, 0.25) is 5.02 Å². The van der Waals surface area contributed by atoms with Gasteiger partial charge in [-0.1, -0.05) is 47.5 Å². The summed E-state index contributed by atoms with van der Waals surface area (Å²) in [5.41, 5.74) is 1.98. The molecule has 0 radical (unpaired) electrons. The smallest absolute Gasteiger partial charge is 0.212 e. The average Bonchev–Trinajstić information content (AvgIpc) is 2.45. The molecule has 2 rings (SSSR count). The van der Waals surface area contributed by atoms with Gasteiger partial charge >= 0.3 is 0 Å². The first-order valence-electron chi connectivity index (χ1n) is 6.72. The predicted octanol–water partition coefficient (Wildman–Crippen LogP) is 3.75. The van der Waals surface area contributed by atoms with Crippen molar-refractivity contribution in [2.24, 2.45) is 0 Å². The third-order valence-corrected chi connectivity index (χ3v) is 5.48. The van der Waals surface area contributed by atoms with E-state index in [-0.39, 0.29) is 17.1 Å². The Morgan fingerprint density at radius 1 is 1.14 bits per heavy atom. The molecule has 0 saturated carbocycles. The Morgan fingerprint density at radius 2 is 1.77 bits per heavy atom. The van der Waals surface area contributed by atoms with Crippen LogP contribution in [0.4, 0.5) is 4.39 Å². The summed E-state index contributed by atoms with van der Waals surface area (Å²) < 4.78 is 39.7. The number of nitrogens with zero attached hydrogens (tertiary/aromatic N) is 1. The van der Waals surface area contributed by atoms with E-state index < -0.39 is 21.6 Å². The molecule has 0 N–H and O–H groups in total. The lowest BCUT2D eigenvalue weighted by Gasteiger charge is -2.18. The highest BCUT2D eigenvalue weighted by atomic mass is 35.5. The van der Waals surface area contributed by atoms with Crippen molar-refractivity contribution in [3.8, 4) is 0 Å². The van der Waals surface area contributed by atoms with Crippen molar-refractivity contribution in [3.05, 3.63) is 70.0 Å². The van der Waals surface area contributed by atoms with E-state index in [2.05, 4.69) is 0 Å². The van der Waals surface area contributed by atoms with E-state index in [4.69, 9.17) is 11.6 Å². The summed E-state index contributed by atoms with van der Waals surface area (Å²) in [5.74, 6) is -1.07. The summed E-state index contributed by atoms with van der Waals surface area (Å²) in [7, 11) is -2.18. The van der Waals surface area contributed by atoms with Crippen LogP contribution in [0.15, 0.2) is 42.5 Å². The van der Waals surface area contributed by atoms with Crippen LogP contribution < -0.4 is 0 Å². The molecule has 0 atom stereocenters. The third-order valence-electron chi connectivity index (χ3n) is 3.39. The van der Waals surface area contributed by atoms with Crippen LogP contribution in [0.5, 0.6) is 0 Å². The molecular weight excluding hydrogens is 325 g/mol. The summed E-state index contributed by atoms with van der Waals surface area (Å²) in [5, 5.41) is 0.118. The van der Waals surface area contributed by atoms with Crippen molar-refractivity contribution in [1.29, 1.82) is 0 Å². The van der Waals surface area contributed by atoms with E-state index in [9.17, 15) is 12.8 Å². The lowest BCUT2D eigenvalue weighted by atomic mass is 10.1. The molecule has 0 unspecified atom stereocenters. The fraction of sp³-hybridized carbons (Fsp3) is 0.250. The van der Waals surface area contributed by atoms with Crippen molar-refractivity contribution in [3.63, 3.8) is 0 Å². The van der Waals surface area contributed by atoms with Gasteiger partial charge in [0.05, 0.1) is 5.75 Å². The van der Waals surface area contributed by atoms with Crippen LogP contribution in [0.1, 0.15) is 16.7 Å². The van der Waals surface area contributed by atoms with Gasteiger partial charge in [-0.15, -0.1) is 0 Å². The number of rotatable bonds is 5. The Balaban J connectivity index is 2.17. The van der Waals surface area contributed by atoms with Crippen LogP contribution in [-0.4, -0.2) is 19.8 Å². The van der Waals surface area contributed by atoms with E-state index in [1.165, 1.54) is 29.6 Å². The molecule has 118 valence electrons. The molecule has 0 spiro atoms. The first-order valence-corrected chi connectivity index (χ1v) is 8.71. The second kappa shape index (κ2) is 6.77. The largest absolute Gasteiger partial charge is 0.218 e. The molecule has 2 aromatic carbocycles. The molecule has 0 fully saturated rings. The van der Waals surface area contributed by atoms with Crippen molar-refractivity contribution < 1.29 is 12.8 Å². The van der Waals surface area contributed by atoms with Gasteiger partial charge in [0.25, 0.3) is 0 Å². The van der Waals surface area contributed by atoms with Crippen LogP contribution in [0.3, 0.4) is 0 Å². The SMILES string of the molecule is Cc1ccc(CN(C)S(=O)(=O)Cc2c(F)cccc2Cl)cc1. The molecule has 0 bridgehead atoms. The summed E-state index contributed by atoms with van der Waals surface area (Å²) in [4.78, 5) is 0. The molecule has 0 aliphatic carbocycles. The minimum atomic E-state index is -3.66. The second-order valence-corrected chi connectivity index (χ2v) is 7.68.